The number of thiazole rings is 1. The van der Waals surface area contributed by atoms with Gasteiger partial charge in [-0.2, -0.15) is 0 Å². The maximum Gasteiger partial charge on any atom is 0.230 e. The quantitative estimate of drug-likeness (QED) is 0.470. The van der Waals surface area contributed by atoms with Gasteiger partial charge in [0.2, 0.25) is 5.91 Å². The molecule has 0 radical (unpaired) electrons. The van der Waals surface area contributed by atoms with Gasteiger partial charge in [-0.3, -0.25) is 4.79 Å². The largest absolute Gasteiger partial charge is 0.349 e. The van der Waals surface area contributed by atoms with Crippen molar-refractivity contribution in [3.63, 3.8) is 0 Å². The lowest BCUT2D eigenvalue weighted by Crippen LogP contribution is -2.28. The second-order valence-electron chi connectivity index (χ2n) is 7.01. The van der Waals surface area contributed by atoms with Crippen molar-refractivity contribution < 1.29 is 4.79 Å². The molecule has 3 nitrogen and oxygen atoms in total. The predicted octanol–water partition coefficient (Wildman–Crippen LogP) is 6.12. The lowest BCUT2D eigenvalue weighted by atomic mass is 10.00. The number of benzene rings is 2. The minimum absolute atomic E-state index is 0.0102. The molecule has 1 atom stereocenters. The first-order valence-electron chi connectivity index (χ1n) is 8.98. The van der Waals surface area contributed by atoms with Crippen LogP contribution in [0.3, 0.4) is 0 Å². The normalized spacial score (nSPS) is 12.5. The average molecular weight is 419 g/mol. The zero-order valence-electron chi connectivity index (χ0n) is 15.7. The van der Waals surface area contributed by atoms with Crippen LogP contribution in [0.5, 0.6) is 0 Å². The summed E-state index contributed by atoms with van der Waals surface area (Å²) in [7, 11) is 0. The third-order valence-electron chi connectivity index (χ3n) is 4.16. The van der Waals surface area contributed by atoms with Crippen LogP contribution in [0.15, 0.2) is 46.8 Å². The standard InChI is InChI=1S/C21H23ClN2OS2/c1-13(2)10-15-4-6-16(7-5-15)14(3)23-20(25)12-26-21-24-18-11-17(22)8-9-19(18)27-21/h4-9,11,13-14H,10,12H2,1-3H3,(H,23,25)/t14-/m1/s1. The highest BCUT2D eigenvalue weighted by Gasteiger charge is 2.12. The summed E-state index contributed by atoms with van der Waals surface area (Å²) < 4.78 is 1.96. The molecule has 1 heterocycles. The summed E-state index contributed by atoms with van der Waals surface area (Å²) in [6.45, 7) is 6.45. The Morgan fingerprint density at radius 1 is 1.19 bits per heavy atom. The molecule has 0 aliphatic carbocycles. The molecule has 142 valence electrons. The molecular formula is C21H23ClN2OS2. The summed E-state index contributed by atoms with van der Waals surface area (Å²) in [5.41, 5.74) is 3.33. The molecule has 3 aromatic rings. The molecule has 0 fully saturated rings. The van der Waals surface area contributed by atoms with E-state index in [-0.39, 0.29) is 11.9 Å². The maximum absolute atomic E-state index is 12.3. The number of amides is 1. The molecule has 0 saturated heterocycles. The van der Waals surface area contributed by atoms with Gasteiger partial charge in [-0.1, -0.05) is 61.5 Å². The summed E-state index contributed by atoms with van der Waals surface area (Å²) in [5.74, 6) is 1.00. The van der Waals surface area contributed by atoms with Crippen LogP contribution in [0.1, 0.15) is 37.9 Å². The van der Waals surface area contributed by atoms with Gasteiger partial charge in [0, 0.05) is 5.02 Å². The summed E-state index contributed by atoms with van der Waals surface area (Å²) in [6.07, 6.45) is 1.07. The first-order chi connectivity index (χ1) is 12.9. The molecule has 6 heteroatoms. The minimum Gasteiger partial charge on any atom is -0.349 e. The van der Waals surface area contributed by atoms with Crippen LogP contribution in [-0.2, 0) is 11.2 Å². The van der Waals surface area contributed by atoms with Crippen LogP contribution in [0.2, 0.25) is 5.02 Å². The molecule has 2 aromatic carbocycles. The van der Waals surface area contributed by atoms with Gasteiger partial charge in [-0.05, 0) is 48.6 Å². The molecule has 27 heavy (non-hydrogen) atoms. The van der Waals surface area contributed by atoms with Crippen LogP contribution in [0.25, 0.3) is 10.2 Å². The van der Waals surface area contributed by atoms with Gasteiger partial charge in [0.15, 0.2) is 4.34 Å². The Morgan fingerprint density at radius 2 is 1.93 bits per heavy atom. The monoisotopic (exact) mass is 418 g/mol. The average Bonchev–Trinajstić information content (AvgIpc) is 3.02. The number of thioether (sulfide) groups is 1. The highest BCUT2D eigenvalue weighted by molar-refractivity contribution is 8.01. The molecule has 0 unspecified atom stereocenters. The predicted molar refractivity (Wildman–Crippen MR) is 117 cm³/mol. The van der Waals surface area contributed by atoms with Crippen molar-refractivity contribution in [1.29, 1.82) is 0 Å². The topological polar surface area (TPSA) is 42.0 Å². The molecule has 0 aliphatic rings. The number of aromatic nitrogens is 1. The summed E-state index contributed by atoms with van der Waals surface area (Å²) in [4.78, 5) is 16.8. The smallest absolute Gasteiger partial charge is 0.230 e. The van der Waals surface area contributed by atoms with Gasteiger partial charge < -0.3 is 5.32 Å². The van der Waals surface area contributed by atoms with Gasteiger partial charge in [0.1, 0.15) is 0 Å². The van der Waals surface area contributed by atoms with Crippen molar-refractivity contribution >= 4 is 50.8 Å². The molecule has 0 bridgehead atoms. The van der Waals surface area contributed by atoms with E-state index >= 15 is 0 Å². The van der Waals surface area contributed by atoms with Gasteiger partial charge in [-0.15, -0.1) is 11.3 Å². The van der Waals surface area contributed by atoms with Crippen molar-refractivity contribution in [3.8, 4) is 0 Å². The molecular weight excluding hydrogens is 396 g/mol. The van der Waals surface area contributed by atoms with Gasteiger partial charge in [0.05, 0.1) is 22.0 Å². The second-order valence-corrected chi connectivity index (χ2v) is 9.70. The summed E-state index contributed by atoms with van der Waals surface area (Å²) in [6, 6.07) is 14.2. The first kappa shape index (κ1) is 20.2. The number of nitrogens with zero attached hydrogens (tertiary/aromatic N) is 1. The van der Waals surface area contributed by atoms with Crippen LogP contribution >= 0.6 is 34.7 Å². The highest BCUT2D eigenvalue weighted by Crippen LogP contribution is 2.31. The molecule has 3 rings (SSSR count). The number of fused-ring (bicyclic) bond motifs is 1. The van der Waals surface area contributed by atoms with E-state index in [2.05, 4.69) is 48.4 Å². The van der Waals surface area contributed by atoms with E-state index in [4.69, 9.17) is 11.6 Å². The number of carbonyl (C=O) groups is 1. The molecule has 0 spiro atoms. The third-order valence-corrected chi connectivity index (χ3v) is 6.57. The Bertz CT molecular complexity index is 922. The maximum atomic E-state index is 12.3. The van der Waals surface area contributed by atoms with Crippen molar-refractivity contribution in [2.24, 2.45) is 5.92 Å². The highest BCUT2D eigenvalue weighted by atomic mass is 35.5. The fourth-order valence-corrected chi connectivity index (χ4v) is 4.88. The molecule has 1 aromatic heterocycles. The summed E-state index contributed by atoms with van der Waals surface area (Å²) >= 11 is 9.04. The van der Waals surface area contributed by atoms with Crippen molar-refractivity contribution in [3.05, 3.63) is 58.6 Å². The van der Waals surface area contributed by atoms with Crippen LogP contribution in [0.4, 0.5) is 0 Å². The van der Waals surface area contributed by atoms with Crippen molar-refractivity contribution in [2.45, 2.75) is 37.6 Å². The zero-order valence-corrected chi connectivity index (χ0v) is 18.0. The SMILES string of the molecule is CC(C)Cc1ccc([C@@H](C)NC(=O)CSc2nc3cc(Cl)ccc3s2)cc1. The van der Waals surface area contributed by atoms with E-state index in [1.54, 1.807) is 11.3 Å². The fraction of sp³-hybridized carbons (Fsp3) is 0.333. The fourth-order valence-electron chi connectivity index (χ4n) is 2.85. The number of hydrogen-bond acceptors (Lipinski definition) is 4. The lowest BCUT2D eigenvalue weighted by molar-refractivity contribution is -0.119. The molecule has 1 amide bonds. The van der Waals surface area contributed by atoms with Crippen molar-refractivity contribution in [2.75, 3.05) is 5.75 Å². The lowest BCUT2D eigenvalue weighted by Gasteiger charge is -2.15. The van der Waals surface area contributed by atoms with E-state index in [0.29, 0.717) is 16.7 Å². The number of rotatable bonds is 7. The van der Waals surface area contributed by atoms with Crippen LogP contribution in [-0.4, -0.2) is 16.6 Å². The molecule has 1 N–H and O–H groups in total. The summed E-state index contributed by atoms with van der Waals surface area (Å²) in [5, 5.41) is 3.74. The minimum atomic E-state index is -0.0135. The Labute approximate surface area is 173 Å². The van der Waals surface area contributed by atoms with Crippen molar-refractivity contribution in [1.82, 2.24) is 10.3 Å². The molecule has 0 saturated carbocycles. The van der Waals surface area contributed by atoms with E-state index in [0.717, 1.165) is 26.5 Å². The van der Waals surface area contributed by atoms with E-state index in [1.165, 1.54) is 17.3 Å². The second kappa shape index (κ2) is 9.09. The van der Waals surface area contributed by atoms with Gasteiger partial charge in [-0.25, -0.2) is 4.98 Å². The number of carbonyl (C=O) groups excluding carboxylic acids is 1. The van der Waals surface area contributed by atoms with Gasteiger partial charge in [0.25, 0.3) is 0 Å². The van der Waals surface area contributed by atoms with Crippen LogP contribution in [0, 0.1) is 5.92 Å². The van der Waals surface area contributed by atoms with E-state index in [1.807, 2.05) is 25.1 Å². The Morgan fingerprint density at radius 3 is 2.63 bits per heavy atom. The molecule has 0 aliphatic heterocycles. The van der Waals surface area contributed by atoms with E-state index in [9.17, 15) is 4.79 Å². The number of hydrogen-bond donors (Lipinski definition) is 1. The zero-order chi connectivity index (χ0) is 19.4. The Kier molecular flexibility index (Phi) is 6.79. The third kappa shape index (κ3) is 5.71. The number of halogens is 1. The Balaban J connectivity index is 1.53. The number of nitrogens with one attached hydrogen (secondary N) is 1. The van der Waals surface area contributed by atoms with Crippen LogP contribution < -0.4 is 5.32 Å². The van der Waals surface area contributed by atoms with E-state index < -0.39 is 0 Å². The Hall–Kier alpha value is -1.56. The van der Waals surface area contributed by atoms with Gasteiger partial charge >= 0.3 is 0 Å². The first-order valence-corrected chi connectivity index (χ1v) is 11.2.